The first-order chi connectivity index (χ1) is 8.19. The third kappa shape index (κ3) is 4.51. The summed E-state index contributed by atoms with van der Waals surface area (Å²) in [7, 11) is 1.62. The maximum Gasteiger partial charge on any atom is 0.239 e. The minimum atomic E-state index is 0.00456. The smallest absolute Gasteiger partial charge is 0.239 e. The minimum Gasteiger partial charge on any atom is -0.396 e. The van der Waals surface area contributed by atoms with Crippen LogP contribution in [0.15, 0.2) is 6.07 Å². The van der Waals surface area contributed by atoms with Gasteiger partial charge in [0.1, 0.15) is 5.82 Å². The van der Waals surface area contributed by atoms with Crippen LogP contribution in [0, 0.1) is 6.92 Å². The van der Waals surface area contributed by atoms with Gasteiger partial charge in [0.05, 0.1) is 12.6 Å². The van der Waals surface area contributed by atoms with Gasteiger partial charge in [0.15, 0.2) is 0 Å². The summed E-state index contributed by atoms with van der Waals surface area (Å²) in [4.78, 5) is 8.24. The van der Waals surface area contributed by atoms with E-state index < -0.39 is 0 Å². The number of rotatable bonds is 7. The van der Waals surface area contributed by atoms with Crippen molar-refractivity contribution in [1.29, 1.82) is 0 Å². The predicted molar refractivity (Wildman–Crippen MR) is 65.6 cm³/mol. The molecule has 0 aliphatic carbocycles. The average Bonchev–Trinajstić information content (AvgIpc) is 2.29. The number of anilines is 2. The van der Waals surface area contributed by atoms with Crippen LogP contribution in [0.4, 0.5) is 11.8 Å². The molecule has 17 heavy (non-hydrogen) atoms. The quantitative estimate of drug-likeness (QED) is 0.389. The topological polar surface area (TPSA) is 105 Å². The molecule has 0 spiro atoms. The number of methoxy groups -OCH3 is 1. The number of hydrogen-bond acceptors (Lipinski definition) is 7. The first kappa shape index (κ1) is 13.6. The van der Waals surface area contributed by atoms with Crippen molar-refractivity contribution in [3.05, 3.63) is 11.8 Å². The highest BCUT2D eigenvalue weighted by Crippen LogP contribution is 2.11. The minimum absolute atomic E-state index is 0.00456. The molecule has 0 aromatic carbocycles. The number of nitrogens with zero attached hydrogens (tertiary/aromatic N) is 2. The summed E-state index contributed by atoms with van der Waals surface area (Å²) >= 11 is 0. The number of aromatic nitrogens is 2. The number of aryl methyl sites for hydroxylation is 1. The Morgan fingerprint density at radius 1 is 1.53 bits per heavy atom. The fraction of sp³-hybridized carbons (Fsp3) is 0.600. The molecule has 0 saturated carbocycles. The lowest BCUT2D eigenvalue weighted by Crippen LogP contribution is -2.27. The largest absolute Gasteiger partial charge is 0.396 e. The van der Waals surface area contributed by atoms with Crippen molar-refractivity contribution in [3.63, 3.8) is 0 Å². The highest BCUT2D eigenvalue weighted by Gasteiger charge is 2.09. The van der Waals surface area contributed by atoms with Crippen molar-refractivity contribution >= 4 is 11.8 Å². The second kappa shape index (κ2) is 7.00. The molecule has 0 saturated heterocycles. The highest BCUT2D eigenvalue weighted by molar-refractivity contribution is 5.42. The Bertz CT molecular complexity index is 341. The second-order valence-corrected chi connectivity index (χ2v) is 3.67. The fourth-order valence-electron chi connectivity index (χ4n) is 1.47. The normalized spacial score (nSPS) is 12.2. The zero-order chi connectivity index (χ0) is 12.7. The maximum atomic E-state index is 8.94. The molecule has 0 aliphatic rings. The maximum absolute atomic E-state index is 8.94. The number of hydrogen-bond donors (Lipinski definition) is 4. The Hall–Kier alpha value is -1.44. The van der Waals surface area contributed by atoms with Gasteiger partial charge in [-0.25, -0.2) is 10.8 Å². The standard InChI is InChI=1S/C10H19N5O2/c1-7-5-9(14-10(12-7)15-11)13-8(3-4-16)6-17-2/h5,8,16H,3-4,6,11H2,1-2H3,(H2,12,13,14,15). The van der Waals surface area contributed by atoms with Gasteiger partial charge in [0.25, 0.3) is 0 Å². The number of nitrogens with two attached hydrogens (primary N) is 1. The van der Waals surface area contributed by atoms with Gasteiger partial charge < -0.3 is 15.2 Å². The van der Waals surface area contributed by atoms with Crippen molar-refractivity contribution in [1.82, 2.24) is 9.97 Å². The van der Waals surface area contributed by atoms with Crippen LogP contribution in [0.5, 0.6) is 0 Å². The van der Waals surface area contributed by atoms with E-state index in [1.54, 1.807) is 13.2 Å². The van der Waals surface area contributed by atoms with Crippen molar-refractivity contribution < 1.29 is 9.84 Å². The molecule has 7 nitrogen and oxygen atoms in total. The third-order valence-electron chi connectivity index (χ3n) is 2.18. The number of ether oxygens (including phenoxy) is 1. The summed E-state index contributed by atoms with van der Waals surface area (Å²) in [6.07, 6.45) is 0.586. The van der Waals surface area contributed by atoms with Crippen LogP contribution >= 0.6 is 0 Å². The number of nitrogens with one attached hydrogen (secondary N) is 2. The third-order valence-corrected chi connectivity index (χ3v) is 2.18. The Morgan fingerprint density at radius 3 is 2.88 bits per heavy atom. The lowest BCUT2D eigenvalue weighted by molar-refractivity contribution is 0.170. The van der Waals surface area contributed by atoms with Crippen LogP contribution < -0.4 is 16.6 Å². The number of aliphatic hydroxyl groups is 1. The fourth-order valence-corrected chi connectivity index (χ4v) is 1.47. The van der Waals surface area contributed by atoms with Crippen LogP contribution in [0.25, 0.3) is 0 Å². The second-order valence-electron chi connectivity index (χ2n) is 3.67. The van der Waals surface area contributed by atoms with Crippen LogP contribution in [-0.2, 0) is 4.74 Å². The summed E-state index contributed by atoms with van der Waals surface area (Å²) in [5, 5.41) is 12.1. The lowest BCUT2D eigenvalue weighted by Gasteiger charge is -2.17. The predicted octanol–water partition coefficient (Wildman–Crippen LogP) is -0.120. The van der Waals surface area contributed by atoms with E-state index in [4.69, 9.17) is 15.7 Å². The summed E-state index contributed by atoms with van der Waals surface area (Å²) in [6, 6.07) is 1.81. The van der Waals surface area contributed by atoms with Gasteiger partial charge in [-0.2, -0.15) is 4.98 Å². The van der Waals surface area contributed by atoms with Gasteiger partial charge in [0.2, 0.25) is 5.95 Å². The van der Waals surface area contributed by atoms with Crippen LogP contribution in [0.3, 0.4) is 0 Å². The SMILES string of the molecule is COCC(CCO)Nc1cc(C)nc(NN)n1. The molecule has 0 radical (unpaired) electrons. The van der Waals surface area contributed by atoms with Gasteiger partial charge in [-0.3, -0.25) is 5.43 Å². The Kier molecular flexibility index (Phi) is 5.61. The van der Waals surface area contributed by atoms with E-state index in [1.807, 2.05) is 6.92 Å². The molecule has 0 fully saturated rings. The summed E-state index contributed by atoms with van der Waals surface area (Å²) < 4.78 is 5.06. The Balaban J connectivity index is 2.73. The van der Waals surface area contributed by atoms with E-state index in [2.05, 4.69) is 20.7 Å². The molecule has 5 N–H and O–H groups in total. The van der Waals surface area contributed by atoms with Gasteiger partial charge in [-0.05, 0) is 13.3 Å². The molecule has 1 atom stereocenters. The number of aliphatic hydroxyl groups excluding tert-OH is 1. The summed E-state index contributed by atoms with van der Waals surface area (Å²) in [5.41, 5.74) is 3.20. The molecule has 0 amide bonds. The molecule has 1 unspecified atom stereocenters. The number of nitrogen functional groups attached to an aromatic ring is 1. The van der Waals surface area contributed by atoms with Crippen molar-refractivity contribution in [2.75, 3.05) is 31.1 Å². The van der Waals surface area contributed by atoms with Crippen molar-refractivity contribution in [2.45, 2.75) is 19.4 Å². The summed E-state index contributed by atoms with van der Waals surface area (Å²) in [6.45, 7) is 2.44. The van der Waals surface area contributed by atoms with E-state index in [0.717, 1.165) is 5.69 Å². The molecule has 0 aliphatic heterocycles. The summed E-state index contributed by atoms with van der Waals surface area (Å²) in [5.74, 6) is 6.28. The zero-order valence-electron chi connectivity index (χ0n) is 10.1. The molecule has 7 heteroatoms. The molecular weight excluding hydrogens is 222 g/mol. The van der Waals surface area contributed by atoms with E-state index >= 15 is 0 Å². The van der Waals surface area contributed by atoms with Crippen molar-refractivity contribution in [2.24, 2.45) is 5.84 Å². The molecular formula is C10H19N5O2. The van der Waals surface area contributed by atoms with E-state index in [0.29, 0.717) is 24.8 Å². The van der Waals surface area contributed by atoms with E-state index in [-0.39, 0.29) is 12.6 Å². The molecule has 1 aromatic heterocycles. The van der Waals surface area contributed by atoms with Crippen LogP contribution in [0.1, 0.15) is 12.1 Å². The van der Waals surface area contributed by atoms with Gasteiger partial charge >= 0.3 is 0 Å². The van der Waals surface area contributed by atoms with E-state index in [1.165, 1.54) is 0 Å². The highest BCUT2D eigenvalue weighted by atomic mass is 16.5. The van der Waals surface area contributed by atoms with Gasteiger partial charge in [-0.15, -0.1) is 0 Å². The number of hydrazine groups is 1. The van der Waals surface area contributed by atoms with Crippen LogP contribution in [-0.4, -0.2) is 41.4 Å². The molecule has 1 aromatic rings. The Labute approximate surface area is 100 Å². The molecule has 0 bridgehead atoms. The van der Waals surface area contributed by atoms with Crippen molar-refractivity contribution in [3.8, 4) is 0 Å². The molecule has 1 rings (SSSR count). The first-order valence-corrected chi connectivity index (χ1v) is 5.38. The van der Waals surface area contributed by atoms with Gasteiger partial charge in [0, 0.05) is 25.5 Å². The first-order valence-electron chi connectivity index (χ1n) is 5.38. The van der Waals surface area contributed by atoms with Gasteiger partial charge in [-0.1, -0.05) is 0 Å². The monoisotopic (exact) mass is 241 g/mol. The van der Waals surface area contributed by atoms with E-state index in [9.17, 15) is 0 Å². The zero-order valence-corrected chi connectivity index (χ0v) is 10.1. The average molecular weight is 241 g/mol. The molecule has 96 valence electrons. The Morgan fingerprint density at radius 2 is 2.29 bits per heavy atom. The lowest BCUT2D eigenvalue weighted by atomic mass is 10.2. The molecule has 1 heterocycles. The van der Waals surface area contributed by atoms with Crippen LogP contribution in [0.2, 0.25) is 0 Å².